The van der Waals surface area contributed by atoms with Crippen LogP contribution in [-0.4, -0.2) is 39.1 Å². The van der Waals surface area contributed by atoms with Crippen LogP contribution in [-0.2, 0) is 15.6 Å². The van der Waals surface area contributed by atoms with E-state index in [-0.39, 0.29) is 36.7 Å². The van der Waals surface area contributed by atoms with Gasteiger partial charge < -0.3 is 30.5 Å². The van der Waals surface area contributed by atoms with Crippen molar-refractivity contribution in [3.63, 3.8) is 0 Å². The van der Waals surface area contributed by atoms with Crippen LogP contribution in [0.2, 0.25) is 0 Å². The zero-order chi connectivity index (χ0) is 15.2. The largest absolute Gasteiger partial charge is 1.00 e. The number of hydrogen-bond acceptors (Lipinski definition) is 4. The number of rotatable bonds is 4. The van der Waals surface area contributed by atoms with Crippen molar-refractivity contribution >= 4 is 20.8 Å². The predicted molar refractivity (Wildman–Crippen MR) is 69.0 cm³/mol. The van der Waals surface area contributed by atoms with Crippen LogP contribution >= 0.6 is 15.2 Å². The maximum atomic E-state index is 11.3. The molecule has 0 spiro atoms. The summed E-state index contributed by atoms with van der Waals surface area (Å²) in [5.41, 5.74) is 0.482. The van der Waals surface area contributed by atoms with Gasteiger partial charge in [-0.2, -0.15) is 0 Å². The summed E-state index contributed by atoms with van der Waals surface area (Å²) < 4.78 is 23.9. The van der Waals surface area contributed by atoms with Crippen molar-refractivity contribution in [3.05, 3.63) is 36.3 Å². The van der Waals surface area contributed by atoms with Crippen LogP contribution in [0.15, 0.2) is 30.6 Å². The fourth-order valence-electron chi connectivity index (χ4n) is 1.73. The van der Waals surface area contributed by atoms with Crippen LogP contribution in [0.5, 0.6) is 0 Å². The fraction of sp³-hybridized carbons (Fsp3) is 0.222. The van der Waals surface area contributed by atoms with Gasteiger partial charge in [-0.25, -0.2) is 4.98 Å². The Kier molecular flexibility index (Phi) is 5.62. The molecule has 112 valence electrons. The van der Waals surface area contributed by atoms with Gasteiger partial charge in [-0.15, -0.1) is 0 Å². The van der Waals surface area contributed by atoms with Gasteiger partial charge in [-0.3, -0.25) is 9.13 Å². The van der Waals surface area contributed by atoms with Gasteiger partial charge in [0.15, 0.2) is 0 Å². The van der Waals surface area contributed by atoms with Crippen molar-refractivity contribution in [3.8, 4) is 0 Å². The first kappa shape index (κ1) is 19.0. The maximum absolute atomic E-state index is 11.3. The van der Waals surface area contributed by atoms with E-state index in [0.717, 1.165) is 0 Å². The van der Waals surface area contributed by atoms with E-state index in [1.807, 2.05) is 0 Å². The van der Waals surface area contributed by atoms with Gasteiger partial charge in [0, 0.05) is 24.5 Å². The van der Waals surface area contributed by atoms with E-state index in [1.165, 1.54) is 16.8 Å². The number of hydrogen-bond donors (Lipinski definition) is 5. The van der Waals surface area contributed by atoms with E-state index < -0.39 is 26.7 Å². The van der Waals surface area contributed by atoms with Gasteiger partial charge in [-0.1, -0.05) is 6.07 Å². The van der Waals surface area contributed by atoms with E-state index in [1.54, 1.807) is 18.2 Å². The summed E-state index contributed by atoms with van der Waals surface area (Å²) in [4.78, 5) is 40.2. The minimum Gasteiger partial charge on any atom is -1.00 e. The van der Waals surface area contributed by atoms with Crippen molar-refractivity contribution in [2.45, 2.75) is 11.5 Å². The summed E-state index contributed by atoms with van der Waals surface area (Å²) in [7, 11) is -11.0. The average Bonchev–Trinajstić information content (AvgIpc) is 2.70. The molecule has 5 N–H and O–H groups in total. The van der Waals surface area contributed by atoms with Gasteiger partial charge >= 0.3 is 44.7 Å². The van der Waals surface area contributed by atoms with Crippen LogP contribution in [0.25, 0.3) is 5.65 Å². The molecular weight excluding hydrogens is 333 g/mol. The Bertz CT molecular complexity index is 720. The number of fused-ring (bicyclic) bond motifs is 1. The molecule has 0 aliphatic carbocycles. The van der Waals surface area contributed by atoms with E-state index >= 15 is 0 Å². The van der Waals surface area contributed by atoms with Crippen LogP contribution in [0.3, 0.4) is 0 Å². The van der Waals surface area contributed by atoms with Crippen molar-refractivity contribution in [1.82, 2.24) is 9.38 Å². The molecule has 0 unspecified atom stereocenters. The molecule has 0 aromatic carbocycles. The first-order valence-corrected chi connectivity index (χ1v) is 8.53. The summed E-state index contributed by atoms with van der Waals surface area (Å²) in [6.07, 6.45) is 1.75. The molecule has 2 heterocycles. The Morgan fingerprint density at radius 1 is 1.19 bits per heavy atom. The predicted octanol–water partition coefficient (Wildman–Crippen LogP) is -3.01. The van der Waals surface area contributed by atoms with Gasteiger partial charge in [0.25, 0.3) is 5.08 Å². The summed E-state index contributed by atoms with van der Waals surface area (Å²) in [5, 5.41) is 6.37. The molecule has 0 fully saturated rings. The van der Waals surface area contributed by atoms with E-state index in [9.17, 15) is 14.2 Å². The molecule has 0 atom stereocenters. The quantitative estimate of drug-likeness (QED) is 0.290. The maximum Gasteiger partial charge on any atom is 1.00 e. The molecule has 0 bridgehead atoms. The number of imidazole rings is 1. The monoisotopic (exact) mass is 346 g/mol. The van der Waals surface area contributed by atoms with Gasteiger partial charge in [0.05, 0.1) is 0 Å². The zero-order valence-corrected chi connectivity index (χ0v) is 14.7. The minimum absolute atomic E-state index is 0. The molecule has 0 aliphatic heterocycles. The fourth-order valence-corrected chi connectivity index (χ4v) is 3.83. The van der Waals surface area contributed by atoms with Crippen molar-refractivity contribution in [2.24, 2.45) is 0 Å². The van der Waals surface area contributed by atoms with Crippen LogP contribution < -0.4 is 29.6 Å². The second kappa shape index (κ2) is 6.22. The smallest absolute Gasteiger partial charge is 1.00 e. The first-order valence-electron chi connectivity index (χ1n) is 5.31. The number of aromatic nitrogens is 2. The molecule has 12 heteroatoms. The Balaban J connectivity index is 0.00000220. The van der Waals surface area contributed by atoms with Gasteiger partial charge in [0.2, 0.25) is 0 Å². The van der Waals surface area contributed by atoms with Crippen molar-refractivity contribution < 1.29 is 64.8 Å². The molecule has 21 heavy (non-hydrogen) atoms. The van der Waals surface area contributed by atoms with Crippen LogP contribution in [0.4, 0.5) is 0 Å². The topological polar surface area (TPSA) is 153 Å². The summed E-state index contributed by atoms with van der Waals surface area (Å²) >= 11 is 0. The summed E-state index contributed by atoms with van der Waals surface area (Å²) in [6.45, 7) is 0. The molecule has 0 amide bonds. The molecule has 0 saturated carbocycles. The van der Waals surface area contributed by atoms with E-state index in [0.29, 0.717) is 5.65 Å². The molecule has 2 aromatic heterocycles. The van der Waals surface area contributed by atoms with Gasteiger partial charge in [-0.05, 0) is 12.1 Å². The van der Waals surface area contributed by atoms with Crippen molar-refractivity contribution in [1.29, 1.82) is 0 Å². The Hall–Kier alpha value is -0.0500. The average molecular weight is 346 g/mol. The molecular formula is C9H13N2NaO7P2. The van der Waals surface area contributed by atoms with Crippen LogP contribution in [0, 0.1) is 0 Å². The Morgan fingerprint density at radius 3 is 2.29 bits per heavy atom. The Labute approximate surface area is 142 Å². The van der Waals surface area contributed by atoms with E-state index in [2.05, 4.69) is 4.98 Å². The van der Waals surface area contributed by atoms with Gasteiger partial charge in [0.1, 0.15) is 5.65 Å². The number of pyridine rings is 1. The number of nitrogens with zero attached hydrogens (tertiary/aromatic N) is 2. The second-order valence-corrected chi connectivity index (χ2v) is 8.23. The molecule has 0 aliphatic rings. The molecule has 0 saturated heterocycles. The summed E-state index contributed by atoms with van der Waals surface area (Å²) in [5.74, 6) is 0. The summed E-state index contributed by atoms with van der Waals surface area (Å²) in [6, 6.07) is 4.87. The standard InChI is InChI=1S/C9H12N2O7P2.Na.H/c12-9(19(13,14)15,20(16,17)18)5-7-6-10-8-3-1-2-4-11(7)8;;/h1-4,6,12H,5H2,(H2,13,14,15)(H2,16,17,18);;/q;+1;-1. The third-order valence-electron chi connectivity index (χ3n) is 2.84. The van der Waals surface area contributed by atoms with E-state index in [4.69, 9.17) is 19.6 Å². The third kappa shape index (κ3) is 3.48. The minimum atomic E-state index is -5.48. The normalized spacial score (nSPS) is 13.2. The van der Waals surface area contributed by atoms with Crippen LogP contribution in [0.1, 0.15) is 7.12 Å². The SMILES string of the molecule is O=P(O)(O)C(O)(Cc1cnc2ccccn12)P(=O)(O)O.[H-].[Na+]. The molecule has 2 rings (SSSR count). The zero-order valence-electron chi connectivity index (χ0n) is 11.9. The third-order valence-corrected chi connectivity index (χ3v) is 6.59. The molecule has 2 aromatic rings. The van der Waals surface area contributed by atoms with Crippen molar-refractivity contribution in [2.75, 3.05) is 0 Å². The number of aliphatic hydroxyl groups is 1. The second-order valence-electron chi connectivity index (χ2n) is 4.22. The first-order chi connectivity index (χ1) is 9.06. The molecule has 9 nitrogen and oxygen atoms in total. The molecule has 0 radical (unpaired) electrons. The Morgan fingerprint density at radius 2 is 1.76 bits per heavy atom.